The maximum atomic E-state index is 11.0. The molecule has 1 aromatic carbocycles. The third kappa shape index (κ3) is 3.17. The van der Waals surface area contributed by atoms with Gasteiger partial charge in [-0.05, 0) is 31.2 Å². The smallest absolute Gasteiger partial charge is 0.320 e. The van der Waals surface area contributed by atoms with Crippen LogP contribution in [-0.4, -0.2) is 55.3 Å². The Morgan fingerprint density at radius 3 is 2.26 bits per heavy atom. The van der Waals surface area contributed by atoms with Crippen molar-refractivity contribution in [3.8, 4) is 5.75 Å². The molecular formula is C14H20N2O3. The van der Waals surface area contributed by atoms with Crippen molar-refractivity contribution in [2.24, 2.45) is 0 Å². The summed E-state index contributed by atoms with van der Waals surface area (Å²) in [6, 6.07) is 7.56. The number of carboxylic acids is 1. The molecule has 5 heteroatoms. The molecule has 0 spiro atoms. The SMILES string of the molecule is COc1ccc(N2CCN([C@H](C)C(=O)O)CC2)cc1. The average Bonchev–Trinajstić information content (AvgIpc) is 2.46. The summed E-state index contributed by atoms with van der Waals surface area (Å²) in [6.45, 7) is 5.00. The molecule has 0 amide bonds. The zero-order valence-corrected chi connectivity index (χ0v) is 11.4. The van der Waals surface area contributed by atoms with Crippen LogP contribution in [0, 0.1) is 0 Å². The maximum absolute atomic E-state index is 11.0. The van der Waals surface area contributed by atoms with E-state index in [-0.39, 0.29) is 0 Å². The Morgan fingerprint density at radius 1 is 1.21 bits per heavy atom. The van der Waals surface area contributed by atoms with Crippen LogP contribution in [0.5, 0.6) is 5.75 Å². The first kappa shape index (κ1) is 13.7. The van der Waals surface area contributed by atoms with Crippen molar-refractivity contribution in [2.75, 3.05) is 38.2 Å². The Kier molecular flexibility index (Phi) is 4.27. The zero-order chi connectivity index (χ0) is 13.8. The first-order chi connectivity index (χ1) is 9.11. The topological polar surface area (TPSA) is 53.0 Å². The molecule has 19 heavy (non-hydrogen) atoms. The minimum absolute atomic E-state index is 0.405. The number of piperazine rings is 1. The molecule has 1 aliphatic rings. The van der Waals surface area contributed by atoms with E-state index in [0.717, 1.165) is 37.6 Å². The van der Waals surface area contributed by atoms with Gasteiger partial charge in [0, 0.05) is 31.9 Å². The summed E-state index contributed by atoms with van der Waals surface area (Å²) in [5.41, 5.74) is 1.16. The van der Waals surface area contributed by atoms with Crippen LogP contribution < -0.4 is 9.64 Å². The number of methoxy groups -OCH3 is 1. The number of aliphatic carboxylic acids is 1. The van der Waals surface area contributed by atoms with Gasteiger partial charge in [-0.3, -0.25) is 9.69 Å². The Balaban J connectivity index is 1.93. The fraction of sp³-hybridized carbons (Fsp3) is 0.500. The standard InChI is InChI=1S/C14H20N2O3/c1-11(14(17)18)15-7-9-16(10-8-15)12-3-5-13(19-2)6-4-12/h3-6,11H,7-10H2,1-2H3,(H,17,18)/t11-/m1/s1. The van der Waals surface area contributed by atoms with E-state index < -0.39 is 12.0 Å². The van der Waals surface area contributed by atoms with Crippen molar-refractivity contribution in [3.63, 3.8) is 0 Å². The quantitative estimate of drug-likeness (QED) is 0.888. The third-order valence-corrected chi connectivity index (χ3v) is 3.66. The predicted molar refractivity (Wildman–Crippen MR) is 73.9 cm³/mol. The molecule has 5 nitrogen and oxygen atoms in total. The lowest BCUT2D eigenvalue weighted by Gasteiger charge is -2.37. The molecular weight excluding hydrogens is 244 g/mol. The number of hydrogen-bond acceptors (Lipinski definition) is 4. The number of ether oxygens (including phenoxy) is 1. The Hall–Kier alpha value is -1.75. The lowest BCUT2D eigenvalue weighted by molar-refractivity contribution is -0.142. The second-order valence-corrected chi connectivity index (χ2v) is 4.74. The van der Waals surface area contributed by atoms with Crippen LogP contribution in [-0.2, 0) is 4.79 Å². The number of rotatable bonds is 4. The first-order valence-electron chi connectivity index (χ1n) is 6.47. The molecule has 104 valence electrons. The number of carboxylic acid groups (broad SMARTS) is 1. The van der Waals surface area contributed by atoms with Gasteiger partial charge in [0.1, 0.15) is 11.8 Å². The van der Waals surface area contributed by atoms with E-state index >= 15 is 0 Å². The number of nitrogens with zero attached hydrogens (tertiary/aromatic N) is 2. The highest BCUT2D eigenvalue weighted by Crippen LogP contribution is 2.20. The molecule has 1 fully saturated rings. The highest BCUT2D eigenvalue weighted by molar-refractivity contribution is 5.72. The van der Waals surface area contributed by atoms with Crippen molar-refractivity contribution in [2.45, 2.75) is 13.0 Å². The minimum Gasteiger partial charge on any atom is -0.497 e. The number of hydrogen-bond donors (Lipinski definition) is 1. The summed E-state index contributed by atoms with van der Waals surface area (Å²) in [4.78, 5) is 15.2. The van der Waals surface area contributed by atoms with Crippen LogP contribution in [0.25, 0.3) is 0 Å². The average molecular weight is 264 g/mol. The maximum Gasteiger partial charge on any atom is 0.320 e. The van der Waals surface area contributed by atoms with Gasteiger partial charge in [0.05, 0.1) is 7.11 Å². The molecule has 2 rings (SSSR count). The molecule has 0 aromatic heterocycles. The molecule has 1 aromatic rings. The van der Waals surface area contributed by atoms with Gasteiger partial charge >= 0.3 is 5.97 Å². The zero-order valence-electron chi connectivity index (χ0n) is 11.4. The summed E-state index contributed by atoms with van der Waals surface area (Å²) in [5, 5.41) is 9.01. The van der Waals surface area contributed by atoms with Crippen LogP contribution in [0.15, 0.2) is 24.3 Å². The summed E-state index contributed by atoms with van der Waals surface area (Å²) < 4.78 is 5.14. The van der Waals surface area contributed by atoms with Gasteiger partial charge in [0.2, 0.25) is 0 Å². The monoisotopic (exact) mass is 264 g/mol. The molecule has 0 saturated carbocycles. The van der Waals surface area contributed by atoms with Gasteiger partial charge < -0.3 is 14.7 Å². The fourth-order valence-electron chi connectivity index (χ4n) is 2.32. The van der Waals surface area contributed by atoms with E-state index in [9.17, 15) is 4.79 Å². The van der Waals surface area contributed by atoms with Crippen LogP contribution in [0.1, 0.15) is 6.92 Å². The van der Waals surface area contributed by atoms with Gasteiger partial charge in [-0.2, -0.15) is 0 Å². The van der Waals surface area contributed by atoms with E-state index in [4.69, 9.17) is 9.84 Å². The molecule has 1 saturated heterocycles. The van der Waals surface area contributed by atoms with Gasteiger partial charge in [-0.15, -0.1) is 0 Å². The molecule has 1 N–H and O–H groups in total. The summed E-state index contributed by atoms with van der Waals surface area (Å²) in [7, 11) is 1.65. The number of anilines is 1. The van der Waals surface area contributed by atoms with Gasteiger partial charge in [-0.1, -0.05) is 0 Å². The second-order valence-electron chi connectivity index (χ2n) is 4.74. The molecule has 1 atom stereocenters. The largest absolute Gasteiger partial charge is 0.497 e. The third-order valence-electron chi connectivity index (χ3n) is 3.66. The van der Waals surface area contributed by atoms with Crippen molar-refractivity contribution in [1.82, 2.24) is 4.90 Å². The minimum atomic E-state index is -0.752. The second kappa shape index (κ2) is 5.93. The number of benzene rings is 1. The van der Waals surface area contributed by atoms with E-state index in [1.165, 1.54) is 0 Å². The molecule has 0 aliphatic carbocycles. The Bertz CT molecular complexity index is 425. The van der Waals surface area contributed by atoms with E-state index in [1.807, 2.05) is 29.2 Å². The lowest BCUT2D eigenvalue weighted by Crippen LogP contribution is -2.51. The summed E-state index contributed by atoms with van der Waals surface area (Å²) in [5.74, 6) is 0.0970. The van der Waals surface area contributed by atoms with Crippen molar-refractivity contribution in [1.29, 1.82) is 0 Å². The Morgan fingerprint density at radius 2 is 1.79 bits per heavy atom. The molecule has 0 radical (unpaired) electrons. The lowest BCUT2D eigenvalue weighted by atomic mass is 10.2. The molecule has 0 unspecified atom stereocenters. The van der Waals surface area contributed by atoms with E-state index in [0.29, 0.717) is 0 Å². The van der Waals surface area contributed by atoms with E-state index in [2.05, 4.69) is 4.90 Å². The summed E-state index contributed by atoms with van der Waals surface area (Å²) >= 11 is 0. The van der Waals surface area contributed by atoms with Crippen molar-refractivity contribution < 1.29 is 14.6 Å². The van der Waals surface area contributed by atoms with Crippen LogP contribution in [0.4, 0.5) is 5.69 Å². The summed E-state index contributed by atoms with van der Waals surface area (Å²) in [6.07, 6.45) is 0. The first-order valence-corrected chi connectivity index (χ1v) is 6.47. The van der Waals surface area contributed by atoms with Gasteiger partial charge in [0.15, 0.2) is 0 Å². The van der Waals surface area contributed by atoms with Gasteiger partial charge in [0.25, 0.3) is 0 Å². The van der Waals surface area contributed by atoms with Crippen LogP contribution in [0.2, 0.25) is 0 Å². The Labute approximate surface area is 113 Å². The van der Waals surface area contributed by atoms with Crippen molar-refractivity contribution in [3.05, 3.63) is 24.3 Å². The highest BCUT2D eigenvalue weighted by atomic mass is 16.5. The van der Waals surface area contributed by atoms with Crippen molar-refractivity contribution >= 4 is 11.7 Å². The van der Waals surface area contributed by atoms with E-state index in [1.54, 1.807) is 14.0 Å². The van der Waals surface area contributed by atoms with Crippen LogP contribution >= 0.6 is 0 Å². The van der Waals surface area contributed by atoms with Crippen LogP contribution in [0.3, 0.4) is 0 Å². The fourth-order valence-corrected chi connectivity index (χ4v) is 2.32. The molecule has 0 bridgehead atoms. The molecule has 1 heterocycles. The number of carbonyl (C=O) groups is 1. The normalized spacial score (nSPS) is 18.1. The predicted octanol–water partition coefficient (Wildman–Crippen LogP) is 1.29. The highest BCUT2D eigenvalue weighted by Gasteiger charge is 2.25. The molecule has 1 aliphatic heterocycles. The van der Waals surface area contributed by atoms with Gasteiger partial charge in [-0.25, -0.2) is 0 Å².